The van der Waals surface area contributed by atoms with Crippen molar-refractivity contribution in [3.8, 4) is 0 Å². The first kappa shape index (κ1) is 14.7. The second-order valence-electron chi connectivity index (χ2n) is 5.11. The summed E-state index contributed by atoms with van der Waals surface area (Å²) in [7, 11) is 0. The van der Waals surface area contributed by atoms with Gasteiger partial charge in [0.1, 0.15) is 0 Å². The maximum absolute atomic E-state index is 5.67. The Kier molecular flexibility index (Phi) is 5.74. The van der Waals surface area contributed by atoms with Crippen LogP contribution in [0, 0.1) is 6.92 Å². The second kappa shape index (κ2) is 7.80. The summed E-state index contributed by atoms with van der Waals surface area (Å²) in [5.74, 6) is 1.44. The zero-order valence-corrected chi connectivity index (χ0v) is 12.4. The van der Waals surface area contributed by atoms with Crippen molar-refractivity contribution in [3.63, 3.8) is 0 Å². The number of rotatable bonds is 8. The van der Waals surface area contributed by atoms with Crippen LogP contribution in [0.4, 0.5) is 0 Å². The normalized spacial score (nSPS) is 10.9. The van der Waals surface area contributed by atoms with Gasteiger partial charge in [-0.25, -0.2) is 0 Å². The van der Waals surface area contributed by atoms with Gasteiger partial charge in [-0.15, -0.1) is 10.2 Å². The minimum absolute atomic E-state index is 0.699. The van der Waals surface area contributed by atoms with E-state index >= 15 is 0 Å². The maximum atomic E-state index is 5.67. The number of aromatic nitrogens is 2. The number of aryl methyl sites for hydroxylation is 2. The summed E-state index contributed by atoms with van der Waals surface area (Å²) in [5, 5.41) is 11.6. The van der Waals surface area contributed by atoms with E-state index in [4.69, 9.17) is 4.42 Å². The molecule has 1 N–H and O–H groups in total. The molecule has 2 aromatic rings. The van der Waals surface area contributed by atoms with Crippen LogP contribution >= 0.6 is 0 Å². The van der Waals surface area contributed by atoms with Crippen molar-refractivity contribution >= 4 is 0 Å². The lowest BCUT2D eigenvalue weighted by atomic mass is 10.1. The van der Waals surface area contributed by atoms with Crippen LogP contribution in [0.1, 0.15) is 42.7 Å². The van der Waals surface area contributed by atoms with Gasteiger partial charge in [-0.1, -0.05) is 36.8 Å². The lowest BCUT2D eigenvalue weighted by Gasteiger charge is -2.00. The topological polar surface area (TPSA) is 51.0 Å². The Morgan fingerprint density at radius 1 is 1.05 bits per heavy atom. The zero-order chi connectivity index (χ0) is 14.2. The number of hydrogen-bond donors (Lipinski definition) is 1. The van der Waals surface area contributed by atoms with Gasteiger partial charge < -0.3 is 9.73 Å². The van der Waals surface area contributed by atoms with Crippen LogP contribution in [0.25, 0.3) is 0 Å². The van der Waals surface area contributed by atoms with E-state index in [1.165, 1.54) is 17.5 Å². The molecule has 4 heteroatoms. The Balaban J connectivity index is 1.78. The fourth-order valence-electron chi connectivity index (χ4n) is 2.01. The van der Waals surface area contributed by atoms with Gasteiger partial charge in [-0.05, 0) is 38.4 Å². The SMILES string of the molecule is CCCNCCCc1nnc(Cc2ccc(C)cc2)o1. The molecule has 1 aromatic heterocycles. The second-order valence-corrected chi connectivity index (χ2v) is 5.11. The average molecular weight is 273 g/mol. The third-order valence-corrected chi connectivity index (χ3v) is 3.16. The van der Waals surface area contributed by atoms with Crippen LogP contribution in [-0.4, -0.2) is 23.3 Å². The fraction of sp³-hybridized carbons (Fsp3) is 0.500. The standard InChI is InChI=1S/C16H23N3O/c1-3-10-17-11-4-5-15-18-19-16(20-15)12-14-8-6-13(2)7-9-14/h6-9,17H,3-5,10-12H2,1-2H3. The van der Waals surface area contributed by atoms with Gasteiger partial charge in [-0.2, -0.15) is 0 Å². The van der Waals surface area contributed by atoms with Crippen LogP contribution in [0.2, 0.25) is 0 Å². The summed E-state index contributed by atoms with van der Waals surface area (Å²) in [6, 6.07) is 8.42. The van der Waals surface area contributed by atoms with E-state index < -0.39 is 0 Å². The molecule has 0 saturated heterocycles. The number of benzene rings is 1. The molecular weight excluding hydrogens is 250 g/mol. The average Bonchev–Trinajstić information content (AvgIpc) is 2.89. The number of nitrogens with one attached hydrogen (secondary N) is 1. The Morgan fingerprint density at radius 2 is 1.80 bits per heavy atom. The molecule has 0 fully saturated rings. The lowest BCUT2D eigenvalue weighted by Crippen LogP contribution is -2.16. The van der Waals surface area contributed by atoms with Crippen molar-refractivity contribution in [2.24, 2.45) is 0 Å². The molecule has 1 heterocycles. The minimum Gasteiger partial charge on any atom is -0.425 e. The molecule has 20 heavy (non-hydrogen) atoms. The summed E-state index contributed by atoms with van der Waals surface area (Å²) in [6.07, 6.45) is 3.76. The summed E-state index contributed by atoms with van der Waals surface area (Å²) in [6.45, 7) is 6.33. The van der Waals surface area contributed by atoms with Crippen LogP contribution < -0.4 is 5.32 Å². The third-order valence-electron chi connectivity index (χ3n) is 3.16. The van der Waals surface area contributed by atoms with Gasteiger partial charge in [0, 0.05) is 6.42 Å². The van der Waals surface area contributed by atoms with Gasteiger partial charge in [0.05, 0.1) is 6.42 Å². The van der Waals surface area contributed by atoms with Crippen molar-refractivity contribution in [1.29, 1.82) is 0 Å². The predicted molar refractivity (Wildman–Crippen MR) is 79.8 cm³/mol. The van der Waals surface area contributed by atoms with Gasteiger partial charge in [-0.3, -0.25) is 0 Å². The molecule has 0 amide bonds. The molecular formula is C16H23N3O. The minimum atomic E-state index is 0.699. The first-order valence-corrected chi connectivity index (χ1v) is 7.35. The van der Waals surface area contributed by atoms with Gasteiger partial charge in [0.2, 0.25) is 11.8 Å². The molecule has 2 rings (SSSR count). The van der Waals surface area contributed by atoms with E-state index in [0.29, 0.717) is 12.3 Å². The van der Waals surface area contributed by atoms with Crippen LogP contribution in [0.3, 0.4) is 0 Å². The van der Waals surface area contributed by atoms with Crippen LogP contribution in [0.5, 0.6) is 0 Å². The molecule has 0 atom stereocenters. The number of nitrogens with zero attached hydrogens (tertiary/aromatic N) is 2. The van der Waals surface area contributed by atoms with Crippen molar-refractivity contribution in [2.45, 2.75) is 39.5 Å². The highest BCUT2D eigenvalue weighted by molar-refractivity contribution is 5.23. The number of hydrogen-bond acceptors (Lipinski definition) is 4. The summed E-state index contributed by atoms with van der Waals surface area (Å²) < 4.78 is 5.67. The highest BCUT2D eigenvalue weighted by Crippen LogP contribution is 2.10. The third kappa shape index (κ3) is 4.78. The molecule has 0 spiro atoms. The summed E-state index contributed by atoms with van der Waals surface area (Å²) >= 11 is 0. The molecule has 0 aliphatic carbocycles. The first-order valence-electron chi connectivity index (χ1n) is 7.35. The molecule has 0 saturated carbocycles. The highest BCUT2D eigenvalue weighted by Gasteiger charge is 2.06. The van der Waals surface area contributed by atoms with E-state index in [1.54, 1.807) is 0 Å². The quantitative estimate of drug-likeness (QED) is 0.751. The molecule has 0 aliphatic rings. The Bertz CT molecular complexity index is 505. The molecule has 1 aromatic carbocycles. The van der Waals surface area contributed by atoms with Gasteiger partial charge >= 0.3 is 0 Å². The Morgan fingerprint density at radius 3 is 2.55 bits per heavy atom. The van der Waals surface area contributed by atoms with E-state index in [1.807, 2.05) is 0 Å². The molecule has 108 valence electrons. The summed E-state index contributed by atoms with van der Waals surface area (Å²) in [5.41, 5.74) is 2.47. The van der Waals surface area contributed by atoms with Crippen molar-refractivity contribution in [3.05, 3.63) is 47.2 Å². The molecule has 0 aliphatic heterocycles. The Labute approximate surface area is 120 Å². The fourth-order valence-corrected chi connectivity index (χ4v) is 2.01. The largest absolute Gasteiger partial charge is 0.425 e. The highest BCUT2D eigenvalue weighted by atomic mass is 16.4. The Hall–Kier alpha value is -1.68. The van der Waals surface area contributed by atoms with Gasteiger partial charge in [0.25, 0.3) is 0 Å². The smallest absolute Gasteiger partial charge is 0.220 e. The van der Waals surface area contributed by atoms with E-state index in [2.05, 4.69) is 53.6 Å². The molecule has 4 nitrogen and oxygen atoms in total. The molecule has 0 radical (unpaired) electrons. The monoisotopic (exact) mass is 273 g/mol. The van der Waals surface area contributed by atoms with E-state index in [9.17, 15) is 0 Å². The lowest BCUT2D eigenvalue weighted by molar-refractivity contribution is 0.449. The van der Waals surface area contributed by atoms with E-state index in [-0.39, 0.29) is 0 Å². The van der Waals surface area contributed by atoms with Gasteiger partial charge in [0.15, 0.2) is 0 Å². The van der Waals surface area contributed by atoms with E-state index in [0.717, 1.165) is 31.8 Å². The van der Waals surface area contributed by atoms with Crippen molar-refractivity contribution in [1.82, 2.24) is 15.5 Å². The maximum Gasteiger partial charge on any atom is 0.220 e. The molecule has 0 unspecified atom stereocenters. The predicted octanol–water partition coefficient (Wildman–Crippen LogP) is 2.90. The van der Waals surface area contributed by atoms with Crippen LogP contribution in [-0.2, 0) is 12.8 Å². The van der Waals surface area contributed by atoms with Crippen molar-refractivity contribution in [2.75, 3.05) is 13.1 Å². The zero-order valence-electron chi connectivity index (χ0n) is 12.4. The van der Waals surface area contributed by atoms with Crippen LogP contribution in [0.15, 0.2) is 28.7 Å². The summed E-state index contributed by atoms with van der Waals surface area (Å²) in [4.78, 5) is 0. The molecule has 0 bridgehead atoms. The first-order chi connectivity index (χ1) is 9.78. The van der Waals surface area contributed by atoms with Crippen molar-refractivity contribution < 1.29 is 4.42 Å².